The van der Waals surface area contributed by atoms with Crippen molar-refractivity contribution in [1.29, 1.82) is 0 Å². The molecule has 200 valence electrons. The molecule has 2 aliphatic rings. The van der Waals surface area contributed by atoms with E-state index < -0.39 is 23.8 Å². The first kappa shape index (κ1) is 26.1. The van der Waals surface area contributed by atoms with Crippen LogP contribution in [-0.4, -0.2) is 63.6 Å². The zero-order valence-electron chi connectivity index (χ0n) is 21.7. The van der Waals surface area contributed by atoms with Crippen LogP contribution in [0.1, 0.15) is 43.6 Å². The van der Waals surface area contributed by atoms with Gasteiger partial charge in [0.25, 0.3) is 0 Å². The molecular weight excluding hydrogens is 552 g/mol. The number of aromatic nitrogens is 2. The van der Waals surface area contributed by atoms with Gasteiger partial charge >= 0.3 is 12.2 Å². The third-order valence-electron chi connectivity index (χ3n) is 6.44. The molecule has 0 radical (unpaired) electrons. The number of rotatable bonds is 3. The molecule has 0 fully saturated rings. The average Bonchev–Trinajstić information content (AvgIpc) is 3.24. The Morgan fingerprint density at radius 3 is 2.50 bits per heavy atom. The first-order valence-electron chi connectivity index (χ1n) is 12.7. The number of carbonyl (C=O) groups excluding carboxylic acids is 2. The van der Waals surface area contributed by atoms with Gasteiger partial charge in [-0.05, 0) is 50.6 Å². The van der Waals surface area contributed by atoms with Crippen LogP contribution in [0.25, 0.3) is 5.69 Å². The topological polar surface area (TPSA) is 86.1 Å². The quantitative estimate of drug-likeness (QED) is 0.405. The zero-order valence-corrected chi connectivity index (χ0v) is 23.3. The average molecular weight is 583 g/mol. The highest BCUT2D eigenvalue weighted by Crippen LogP contribution is 2.40. The van der Waals surface area contributed by atoms with Crippen LogP contribution >= 0.6 is 15.9 Å². The van der Waals surface area contributed by atoms with Crippen molar-refractivity contribution in [2.24, 2.45) is 0 Å². The van der Waals surface area contributed by atoms with Gasteiger partial charge in [-0.1, -0.05) is 46.3 Å². The molecule has 38 heavy (non-hydrogen) atoms. The Morgan fingerprint density at radius 1 is 1.05 bits per heavy atom. The van der Waals surface area contributed by atoms with E-state index in [1.807, 2.05) is 80.1 Å². The van der Waals surface area contributed by atoms with E-state index >= 15 is 0 Å². The Balaban J connectivity index is 1.47. The second-order valence-electron chi connectivity index (χ2n) is 10.3. The van der Waals surface area contributed by atoms with Crippen LogP contribution in [0.5, 0.6) is 5.88 Å². The van der Waals surface area contributed by atoms with E-state index in [1.165, 1.54) is 0 Å². The number of nitrogens with zero attached hydrogens (tertiary/aromatic N) is 4. The van der Waals surface area contributed by atoms with Gasteiger partial charge in [-0.3, -0.25) is 4.90 Å². The highest BCUT2D eigenvalue weighted by Gasteiger charge is 2.41. The molecule has 3 aromatic rings. The van der Waals surface area contributed by atoms with Crippen LogP contribution < -0.4 is 4.74 Å². The van der Waals surface area contributed by atoms with Crippen LogP contribution in [0, 0.1) is 0 Å². The molecule has 3 heterocycles. The number of halogens is 1. The van der Waals surface area contributed by atoms with Crippen molar-refractivity contribution < 1.29 is 23.8 Å². The van der Waals surface area contributed by atoms with Gasteiger partial charge in [-0.2, -0.15) is 0 Å². The van der Waals surface area contributed by atoms with Crippen molar-refractivity contribution >= 4 is 28.1 Å². The second kappa shape index (κ2) is 10.7. The van der Waals surface area contributed by atoms with E-state index in [0.29, 0.717) is 25.4 Å². The minimum Gasteiger partial charge on any atom is -0.474 e. The first-order chi connectivity index (χ1) is 18.2. The number of hydrogen-bond donors (Lipinski definition) is 0. The molecule has 0 saturated heterocycles. The summed E-state index contributed by atoms with van der Waals surface area (Å²) in [7, 11) is 0. The van der Waals surface area contributed by atoms with Gasteiger partial charge in [0, 0.05) is 24.0 Å². The molecule has 2 aliphatic heterocycles. The van der Waals surface area contributed by atoms with Crippen molar-refractivity contribution in [2.75, 3.05) is 26.2 Å². The van der Waals surface area contributed by atoms with E-state index in [-0.39, 0.29) is 19.8 Å². The lowest BCUT2D eigenvalue weighted by Crippen LogP contribution is -2.49. The molecule has 1 atom stereocenters. The number of benzene rings is 2. The van der Waals surface area contributed by atoms with Gasteiger partial charge in [0.2, 0.25) is 5.88 Å². The Bertz CT molecular complexity index is 1300. The van der Waals surface area contributed by atoms with E-state index in [0.717, 1.165) is 27.0 Å². The molecule has 0 unspecified atom stereocenters. The Kier molecular flexibility index (Phi) is 7.34. The number of ether oxygens (including phenoxy) is 3. The third kappa shape index (κ3) is 5.65. The minimum absolute atomic E-state index is 0.162. The maximum atomic E-state index is 13.3. The van der Waals surface area contributed by atoms with E-state index in [2.05, 4.69) is 15.9 Å². The van der Waals surface area contributed by atoms with Crippen molar-refractivity contribution in [3.05, 3.63) is 75.9 Å². The third-order valence-corrected chi connectivity index (χ3v) is 6.97. The number of carbonyl (C=O) groups is 2. The van der Waals surface area contributed by atoms with Crippen molar-refractivity contribution in [3.63, 3.8) is 0 Å². The van der Waals surface area contributed by atoms with Crippen molar-refractivity contribution in [2.45, 2.75) is 45.4 Å². The summed E-state index contributed by atoms with van der Waals surface area (Å²) in [5, 5.41) is 4.79. The van der Waals surface area contributed by atoms with Crippen LogP contribution in [-0.2, 0) is 22.5 Å². The van der Waals surface area contributed by atoms with E-state index in [4.69, 9.17) is 19.3 Å². The summed E-state index contributed by atoms with van der Waals surface area (Å²) in [6.07, 6.45) is -0.332. The molecule has 1 aromatic heterocycles. The molecule has 0 N–H and O–H groups in total. The fourth-order valence-electron chi connectivity index (χ4n) is 4.72. The number of hydrogen-bond acceptors (Lipinski definition) is 6. The highest BCUT2D eigenvalue weighted by molar-refractivity contribution is 9.10. The Hall–Kier alpha value is -3.53. The van der Waals surface area contributed by atoms with Gasteiger partial charge in [0.05, 0.1) is 29.5 Å². The molecule has 2 aromatic carbocycles. The maximum absolute atomic E-state index is 13.3. The Morgan fingerprint density at radius 2 is 1.79 bits per heavy atom. The highest BCUT2D eigenvalue weighted by atomic mass is 79.9. The predicted molar refractivity (Wildman–Crippen MR) is 144 cm³/mol. The molecule has 0 saturated carbocycles. The van der Waals surface area contributed by atoms with Gasteiger partial charge in [-0.15, -0.1) is 5.10 Å². The summed E-state index contributed by atoms with van der Waals surface area (Å²) >= 11 is 3.49. The summed E-state index contributed by atoms with van der Waals surface area (Å²) in [6.45, 7) is 6.89. The van der Waals surface area contributed by atoms with Gasteiger partial charge in [0.15, 0.2) is 0 Å². The van der Waals surface area contributed by atoms with E-state index in [1.54, 1.807) is 9.80 Å². The molecule has 2 amide bonds. The molecular formula is C28H31BrN4O5. The largest absolute Gasteiger partial charge is 0.474 e. The minimum atomic E-state index is -0.659. The molecule has 9 nitrogen and oxygen atoms in total. The van der Waals surface area contributed by atoms with Crippen LogP contribution in [0.2, 0.25) is 0 Å². The fourth-order valence-corrected chi connectivity index (χ4v) is 4.98. The summed E-state index contributed by atoms with van der Waals surface area (Å²) in [6, 6.07) is 16.9. The van der Waals surface area contributed by atoms with Gasteiger partial charge in [0.1, 0.15) is 18.8 Å². The van der Waals surface area contributed by atoms with Crippen LogP contribution in [0.4, 0.5) is 9.59 Å². The van der Waals surface area contributed by atoms with Crippen LogP contribution in [0.15, 0.2) is 59.1 Å². The standard InChI is InChI=1S/C28H31BrN4O5/c1-28(2,3)38-27(35)32-14-13-22-24-23(32)17-31(26(34)37-18-19-7-5-4-6-8-19)15-16-36-25(24)30-33(22)21-11-9-20(29)10-12-21/h4-12,23H,13-18H2,1-3H3/t23-/m0/s1. The first-order valence-corrected chi connectivity index (χ1v) is 13.4. The monoisotopic (exact) mass is 582 g/mol. The lowest BCUT2D eigenvalue weighted by atomic mass is 9.97. The van der Waals surface area contributed by atoms with Gasteiger partial charge < -0.3 is 19.1 Å². The maximum Gasteiger partial charge on any atom is 0.410 e. The molecule has 0 aliphatic carbocycles. The van der Waals surface area contributed by atoms with Gasteiger partial charge in [-0.25, -0.2) is 14.3 Å². The lowest BCUT2D eigenvalue weighted by Gasteiger charge is -2.40. The second-order valence-corrected chi connectivity index (χ2v) is 11.2. The normalized spacial score (nSPS) is 17.1. The van der Waals surface area contributed by atoms with Crippen molar-refractivity contribution in [3.8, 4) is 11.6 Å². The molecule has 0 bridgehead atoms. The lowest BCUT2D eigenvalue weighted by molar-refractivity contribution is 0.00636. The molecule has 10 heteroatoms. The summed E-state index contributed by atoms with van der Waals surface area (Å²) in [5.74, 6) is 0.471. The summed E-state index contributed by atoms with van der Waals surface area (Å²) < 4.78 is 20.3. The predicted octanol–water partition coefficient (Wildman–Crippen LogP) is 5.50. The summed E-state index contributed by atoms with van der Waals surface area (Å²) in [4.78, 5) is 29.8. The smallest absolute Gasteiger partial charge is 0.410 e. The fraction of sp³-hybridized carbons (Fsp3) is 0.393. The SMILES string of the molecule is CC(C)(C)OC(=O)N1CCc2c3c(nn2-c2ccc(Br)cc2)OCCN(C(=O)OCc2ccccc2)C[C@@H]31. The van der Waals surface area contributed by atoms with Crippen molar-refractivity contribution in [1.82, 2.24) is 19.6 Å². The Labute approximate surface area is 230 Å². The van der Waals surface area contributed by atoms with Crippen LogP contribution in [0.3, 0.4) is 0 Å². The zero-order chi connectivity index (χ0) is 26.9. The van der Waals surface area contributed by atoms with E-state index in [9.17, 15) is 9.59 Å². The summed E-state index contributed by atoms with van der Waals surface area (Å²) in [5.41, 5.74) is 2.88. The molecule has 0 spiro atoms. The number of amides is 2. The molecule has 5 rings (SSSR count).